The summed E-state index contributed by atoms with van der Waals surface area (Å²) in [5, 5.41) is 4.07. The number of carbonyl (C=O) groups is 1. The number of aromatic nitrogens is 1. The third-order valence-corrected chi connectivity index (χ3v) is 7.65. The molecular weight excluding hydrogens is 428 g/mol. The topological polar surface area (TPSA) is 39.7 Å². The van der Waals surface area contributed by atoms with Gasteiger partial charge in [0.1, 0.15) is 5.82 Å². The van der Waals surface area contributed by atoms with Crippen LogP contribution < -0.4 is 9.80 Å². The van der Waals surface area contributed by atoms with Gasteiger partial charge in [0.25, 0.3) is 0 Å². The third kappa shape index (κ3) is 4.11. The summed E-state index contributed by atoms with van der Waals surface area (Å²) in [7, 11) is 0. The summed E-state index contributed by atoms with van der Waals surface area (Å²) in [6, 6.07) is 10.2. The fourth-order valence-electron chi connectivity index (χ4n) is 4.85. The molecule has 7 heteroatoms. The number of rotatable bonds is 3. The molecule has 0 saturated carbocycles. The van der Waals surface area contributed by atoms with Crippen LogP contribution in [-0.2, 0) is 4.79 Å². The number of fused-ring (bicyclic) bond motifs is 1. The first-order valence-corrected chi connectivity index (χ1v) is 12.2. The van der Waals surface area contributed by atoms with Gasteiger partial charge in [-0.1, -0.05) is 17.7 Å². The van der Waals surface area contributed by atoms with E-state index in [2.05, 4.69) is 50.2 Å². The largest absolute Gasteiger partial charge is 0.368 e. The number of anilines is 2. The fraction of sp³-hybridized carbons (Fsp3) is 0.417. The number of nitrogens with zero attached hydrogens (tertiary/aromatic N) is 4. The monoisotopic (exact) mass is 454 g/mol. The van der Waals surface area contributed by atoms with Crippen molar-refractivity contribution in [3.05, 3.63) is 52.5 Å². The van der Waals surface area contributed by atoms with Gasteiger partial charge in [-0.3, -0.25) is 4.79 Å². The Balaban J connectivity index is 1.24. The van der Waals surface area contributed by atoms with Gasteiger partial charge in [0.2, 0.25) is 5.91 Å². The van der Waals surface area contributed by atoms with Gasteiger partial charge in [-0.25, -0.2) is 4.98 Å². The van der Waals surface area contributed by atoms with Crippen molar-refractivity contribution in [2.75, 3.05) is 49.1 Å². The zero-order chi connectivity index (χ0) is 21.4. The molecule has 0 bridgehead atoms. The molecule has 5 rings (SSSR count). The number of thiophene rings is 1. The molecule has 1 aromatic carbocycles. The standard InChI is InChI=1S/C24H27ClN4OS/c1-17-4-5-19(25)15-21(17)27-10-12-28(13-11-27)24(30)18-3-2-9-29(16-18)23-20-7-14-31-22(20)6-8-26-23/h4-8,14-15,18H,2-3,9-13,16H2,1H3/t18-/m1/s1. The summed E-state index contributed by atoms with van der Waals surface area (Å²) >= 11 is 7.95. The molecule has 0 unspecified atom stereocenters. The van der Waals surface area contributed by atoms with Gasteiger partial charge in [-0.2, -0.15) is 0 Å². The Kier molecular flexibility index (Phi) is 5.76. The van der Waals surface area contributed by atoms with E-state index in [-0.39, 0.29) is 5.92 Å². The second-order valence-electron chi connectivity index (χ2n) is 8.50. The summed E-state index contributed by atoms with van der Waals surface area (Å²) in [5.74, 6) is 1.37. The van der Waals surface area contributed by atoms with Gasteiger partial charge in [0.15, 0.2) is 0 Å². The molecule has 1 atom stereocenters. The van der Waals surface area contributed by atoms with Crippen LogP contribution in [0.2, 0.25) is 5.02 Å². The van der Waals surface area contributed by atoms with Gasteiger partial charge in [0, 0.05) is 66.3 Å². The average Bonchev–Trinajstić information content (AvgIpc) is 3.29. The smallest absolute Gasteiger partial charge is 0.227 e. The quantitative estimate of drug-likeness (QED) is 0.568. The van der Waals surface area contributed by atoms with E-state index in [0.29, 0.717) is 5.91 Å². The number of benzene rings is 1. The van der Waals surface area contributed by atoms with Crippen LogP contribution in [0.25, 0.3) is 10.1 Å². The summed E-state index contributed by atoms with van der Waals surface area (Å²) < 4.78 is 1.26. The van der Waals surface area contributed by atoms with E-state index < -0.39 is 0 Å². The molecule has 162 valence electrons. The number of pyridine rings is 1. The van der Waals surface area contributed by atoms with Crippen LogP contribution in [0, 0.1) is 12.8 Å². The lowest BCUT2D eigenvalue weighted by molar-refractivity contribution is -0.136. The van der Waals surface area contributed by atoms with Crippen LogP contribution in [0.5, 0.6) is 0 Å². The van der Waals surface area contributed by atoms with Crippen molar-refractivity contribution in [2.45, 2.75) is 19.8 Å². The number of halogens is 1. The van der Waals surface area contributed by atoms with Crippen LogP contribution >= 0.6 is 22.9 Å². The highest BCUT2D eigenvalue weighted by molar-refractivity contribution is 7.17. The Labute approximate surface area is 192 Å². The number of piperidine rings is 1. The number of aryl methyl sites for hydroxylation is 1. The summed E-state index contributed by atoms with van der Waals surface area (Å²) in [5.41, 5.74) is 2.40. The van der Waals surface area contributed by atoms with Crippen molar-refractivity contribution in [2.24, 2.45) is 5.92 Å². The predicted octanol–water partition coefficient (Wildman–Crippen LogP) is 4.82. The minimum atomic E-state index is 0.0453. The summed E-state index contributed by atoms with van der Waals surface area (Å²) in [6.45, 7) is 7.06. The van der Waals surface area contributed by atoms with Crippen molar-refractivity contribution in [3.8, 4) is 0 Å². The molecule has 0 radical (unpaired) electrons. The molecule has 31 heavy (non-hydrogen) atoms. The minimum Gasteiger partial charge on any atom is -0.368 e. The molecule has 0 N–H and O–H groups in total. The summed E-state index contributed by atoms with van der Waals surface area (Å²) in [4.78, 5) is 24.7. The first kappa shape index (κ1) is 20.6. The molecule has 0 aliphatic carbocycles. The van der Waals surface area contributed by atoms with Crippen molar-refractivity contribution in [1.82, 2.24) is 9.88 Å². The Morgan fingerprint density at radius 3 is 2.77 bits per heavy atom. The van der Waals surface area contributed by atoms with E-state index >= 15 is 0 Å². The maximum atomic E-state index is 13.3. The fourth-order valence-corrected chi connectivity index (χ4v) is 5.79. The molecule has 2 aliphatic heterocycles. The second-order valence-corrected chi connectivity index (χ2v) is 9.88. The van der Waals surface area contributed by atoms with Gasteiger partial charge < -0.3 is 14.7 Å². The number of piperazine rings is 1. The number of hydrogen-bond acceptors (Lipinski definition) is 5. The maximum Gasteiger partial charge on any atom is 0.227 e. The van der Waals surface area contributed by atoms with Crippen LogP contribution in [0.3, 0.4) is 0 Å². The first-order valence-electron chi connectivity index (χ1n) is 11.0. The SMILES string of the molecule is Cc1ccc(Cl)cc1N1CCN(C(=O)[C@@H]2CCCN(c3nccc4sccc34)C2)CC1. The molecule has 3 aromatic rings. The maximum absolute atomic E-state index is 13.3. The van der Waals surface area contributed by atoms with Gasteiger partial charge in [-0.15, -0.1) is 11.3 Å². The van der Waals surface area contributed by atoms with E-state index in [9.17, 15) is 4.79 Å². The number of carbonyl (C=O) groups excluding carboxylic acids is 1. The van der Waals surface area contributed by atoms with E-state index in [1.807, 2.05) is 18.3 Å². The Bertz CT molecular complexity index is 1090. The average molecular weight is 455 g/mol. The number of hydrogen-bond donors (Lipinski definition) is 0. The molecule has 2 fully saturated rings. The third-order valence-electron chi connectivity index (χ3n) is 6.53. The zero-order valence-electron chi connectivity index (χ0n) is 17.8. The van der Waals surface area contributed by atoms with Crippen LogP contribution in [0.1, 0.15) is 18.4 Å². The summed E-state index contributed by atoms with van der Waals surface area (Å²) in [6.07, 6.45) is 3.87. The van der Waals surface area contributed by atoms with Crippen LogP contribution in [0.15, 0.2) is 41.9 Å². The van der Waals surface area contributed by atoms with Crippen LogP contribution in [-0.4, -0.2) is 55.1 Å². The normalized spacial score (nSPS) is 19.8. The highest BCUT2D eigenvalue weighted by atomic mass is 35.5. The molecule has 1 amide bonds. The number of amides is 1. The first-order chi connectivity index (χ1) is 15.1. The molecular formula is C24H27ClN4OS. The van der Waals surface area contributed by atoms with Gasteiger partial charge >= 0.3 is 0 Å². The highest BCUT2D eigenvalue weighted by Gasteiger charge is 2.32. The Morgan fingerprint density at radius 1 is 1.10 bits per heavy atom. The van der Waals surface area contributed by atoms with E-state index in [0.717, 1.165) is 63.0 Å². The van der Waals surface area contributed by atoms with E-state index in [1.165, 1.54) is 21.3 Å². The molecule has 4 heterocycles. The van der Waals surface area contributed by atoms with E-state index in [4.69, 9.17) is 11.6 Å². The lowest BCUT2D eigenvalue weighted by atomic mass is 9.96. The second kappa shape index (κ2) is 8.67. The Morgan fingerprint density at radius 2 is 1.94 bits per heavy atom. The lowest BCUT2D eigenvalue weighted by Crippen LogP contribution is -2.52. The predicted molar refractivity (Wildman–Crippen MR) is 130 cm³/mol. The molecule has 0 spiro atoms. The molecule has 5 nitrogen and oxygen atoms in total. The molecule has 2 aliphatic rings. The Hall–Kier alpha value is -2.31. The highest BCUT2D eigenvalue weighted by Crippen LogP contribution is 2.32. The lowest BCUT2D eigenvalue weighted by Gasteiger charge is -2.40. The van der Waals surface area contributed by atoms with Crippen molar-refractivity contribution < 1.29 is 4.79 Å². The molecule has 2 saturated heterocycles. The van der Waals surface area contributed by atoms with Crippen molar-refractivity contribution in [3.63, 3.8) is 0 Å². The van der Waals surface area contributed by atoms with Gasteiger partial charge in [-0.05, 0) is 55.0 Å². The minimum absolute atomic E-state index is 0.0453. The van der Waals surface area contributed by atoms with Crippen LogP contribution in [0.4, 0.5) is 11.5 Å². The van der Waals surface area contributed by atoms with Gasteiger partial charge in [0.05, 0.1) is 5.92 Å². The molecule has 2 aromatic heterocycles. The van der Waals surface area contributed by atoms with Crippen molar-refractivity contribution >= 4 is 50.4 Å². The zero-order valence-corrected chi connectivity index (χ0v) is 19.3. The van der Waals surface area contributed by atoms with Crippen molar-refractivity contribution in [1.29, 1.82) is 0 Å². The van der Waals surface area contributed by atoms with E-state index in [1.54, 1.807) is 11.3 Å².